The number of carbonyl (C=O) groups excluding carboxylic acids is 6. The van der Waals surface area contributed by atoms with Crippen LogP contribution in [-0.2, 0) is 61.9 Å². The van der Waals surface area contributed by atoms with Crippen LogP contribution in [0.4, 0.5) is 0 Å². The van der Waals surface area contributed by atoms with Crippen molar-refractivity contribution in [2.24, 2.45) is 0 Å². The lowest BCUT2D eigenvalue weighted by molar-refractivity contribution is -0.285. The summed E-state index contributed by atoms with van der Waals surface area (Å²) >= 11 is 19.2. The molecule has 284 valence electrons. The number of alkyl halides is 6. The molecule has 0 atom stereocenters. The van der Waals surface area contributed by atoms with Crippen LogP contribution >= 0.6 is 95.6 Å². The van der Waals surface area contributed by atoms with Gasteiger partial charge in [0.2, 0.25) is 0 Å². The molecule has 0 heterocycles. The van der Waals surface area contributed by atoms with Gasteiger partial charge >= 0.3 is 47.4 Å². The Hall–Kier alpha value is -0.340. The molecule has 0 aliphatic rings. The van der Waals surface area contributed by atoms with E-state index in [4.69, 9.17) is 33.2 Å². The second kappa shape index (κ2) is 17.7. The van der Waals surface area contributed by atoms with E-state index < -0.39 is 99.8 Å². The van der Waals surface area contributed by atoms with Crippen molar-refractivity contribution in [1.29, 1.82) is 0 Å². The zero-order valence-electron chi connectivity index (χ0n) is 29.4. The first-order chi connectivity index (χ1) is 21.5. The molecule has 0 aromatic rings. The van der Waals surface area contributed by atoms with E-state index in [-0.39, 0.29) is 0 Å². The van der Waals surface area contributed by atoms with Gasteiger partial charge in [-0.3, -0.25) is 28.8 Å². The van der Waals surface area contributed by atoms with Gasteiger partial charge in [-0.05, 0) is 83.1 Å². The predicted octanol–water partition coefficient (Wildman–Crippen LogP) is 6.70. The van der Waals surface area contributed by atoms with Crippen molar-refractivity contribution in [2.75, 3.05) is 26.4 Å². The minimum absolute atomic E-state index is 0.819. The van der Waals surface area contributed by atoms with E-state index in [0.717, 1.165) is 0 Å². The van der Waals surface area contributed by atoms with E-state index in [1.54, 1.807) is 0 Å². The zero-order chi connectivity index (χ0) is 39.2. The van der Waals surface area contributed by atoms with Crippen molar-refractivity contribution in [3.05, 3.63) is 0 Å². The average molecular weight is 1090 g/mol. The van der Waals surface area contributed by atoms with Gasteiger partial charge in [0.05, 0.1) is 0 Å². The first kappa shape index (κ1) is 48.7. The smallest absolute Gasteiger partial charge is 0.325 e. The highest BCUT2D eigenvalue weighted by Gasteiger charge is 2.50. The molecule has 13 nitrogen and oxygen atoms in total. The molecule has 0 fully saturated rings. The second-order valence-electron chi connectivity index (χ2n) is 13.9. The summed E-state index contributed by atoms with van der Waals surface area (Å²) in [6, 6.07) is 0. The summed E-state index contributed by atoms with van der Waals surface area (Å²) in [5, 5.41) is 0. The number of hydrogen-bond acceptors (Lipinski definition) is 13. The molecule has 0 amide bonds. The largest absolute Gasteiger partial charge is 0.456 e. The van der Waals surface area contributed by atoms with Crippen molar-refractivity contribution >= 4 is 131 Å². The van der Waals surface area contributed by atoms with Crippen LogP contribution in [0.2, 0.25) is 0 Å². The SMILES string of the molecule is CC(C)(Br)C(=O)OCC(COCC(COC(=O)C(C)(C)Br)(OC(=O)C(C)(C)Br)OC(=O)C(C)(C)Br)(OC(=O)C(C)(C)Br)OC(=O)C(C)(C)Br. The van der Waals surface area contributed by atoms with Crippen LogP contribution in [0.3, 0.4) is 0 Å². The quantitative estimate of drug-likeness (QED) is 0.0617. The summed E-state index contributed by atoms with van der Waals surface area (Å²) < 4.78 is 31.6. The van der Waals surface area contributed by atoms with Gasteiger partial charge in [0, 0.05) is 0 Å². The molecule has 0 spiro atoms. The molecule has 0 saturated heterocycles. The molecule has 0 aliphatic carbocycles. The Morgan fingerprint density at radius 2 is 0.531 bits per heavy atom. The average Bonchev–Trinajstić information content (AvgIpc) is 2.86. The van der Waals surface area contributed by atoms with Crippen LogP contribution in [-0.4, -0.2) is 99.8 Å². The van der Waals surface area contributed by atoms with Gasteiger partial charge in [-0.25, -0.2) is 0 Å². The molecule has 0 saturated carbocycles. The molecule has 0 rings (SSSR count). The number of rotatable bonds is 18. The molecule has 19 heteroatoms. The Bertz CT molecular complexity index is 1080. The maximum atomic E-state index is 13.2. The maximum Gasteiger partial charge on any atom is 0.325 e. The Morgan fingerprint density at radius 1 is 0.347 bits per heavy atom. The van der Waals surface area contributed by atoms with E-state index in [2.05, 4.69) is 95.6 Å². The normalized spacial score (nSPS) is 13.6. The highest BCUT2D eigenvalue weighted by Crippen LogP contribution is 2.32. The fourth-order valence-corrected chi connectivity index (χ4v) is 3.13. The number of esters is 6. The molecule has 0 aliphatic heterocycles. The lowest BCUT2D eigenvalue weighted by Gasteiger charge is -2.38. The number of ether oxygens (including phenoxy) is 7. The molecule has 0 aromatic heterocycles. The van der Waals surface area contributed by atoms with E-state index in [9.17, 15) is 28.8 Å². The van der Waals surface area contributed by atoms with E-state index >= 15 is 0 Å². The Labute approximate surface area is 337 Å². The van der Waals surface area contributed by atoms with Crippen LogP contribution in [0, 0.1) is 0 Å². The Balaban J connectivity index is 7.22. The molecular formula is C30H44Br6O13. The van der Waals surface area contributed by atoms with E-state index in [0.29, 0.717) is 0 Å². The van der Waals surface area contributed by atoms with Crippen LogP contribution in [0.15, 0.2) is 0 Å². The third-order valence-corrected chi connectivity index (χ3v) is 7.46. The van der Waals surface area contributed by atoms with E-state index in [1.807, 2.05) is 0 Å². The zero-order valence-corrected chi connectivity index (χ0v) is 38.9. The molecule has 0 aromatic carbocycles. The van der Waals surface area contributed by atoms with Crippen LogP contribution in [0.1, 0.15) is 83.1 Å². The first-order valence-electron chi connectivity index (χ1n) is 14.5. The van der Waals surface area contributed by atoms with Gasteiger partial charge in [0.25, 0.3) is 0 Å². The molecule has 0 unspecified atom stereocenters. The van der Waals surface area contributed by atoms with Gasteiger partial charge < -0.3 is 33.2 Å². The minimum atomic E-state index is -2.46. The summed E-state index contributed by atoms with van der Waals surface area (Å²) in [4.78, 5) is 78.4. The monoisotopic (exact) mass is 1090 g/mol. The van der Waals surface area contributed by atoms with Crippen molar-refractivity contribution in [2.45, 2.75) is 121 Å². The van der Waals surface area contributed by atoms with Crippen molar-refractivity contribution in [3.63, 3.8) is 0 Å². The van der Waals surface area contributed by atoms with Crippen LogP contribution in [0.5, 0.6) is 0 Å². The van der Waals surface area contributed by atoms with Gasteiger partial charge in [-0.1, -0.05) is 95.6 Å². The van der Waals surface area contributed by atoms with Gasteiger partial charge in [0.1, 0.15) is 39.2 Å². The fourth-order valence-electron chi connectivity index (χ4n) is 2.58. The lowest BCUT2D eigenvalue weighted by Crippen LogP contribution is -2.56. The maximum absolute atomic E-state index is 13.2. The summed E-state index contributed by atoms with van der Waals surface area (Å²) in [5.74, 6) is -10.4. The minimum Gasteiger partial charge on any atom is -0.456 e. The van der Waals surface area contributed by atoms with Crippen molar-refractivity contribution in [3.8, 4) is 0 Å². The van der Waals surface area contributed by atoms with E-state index in [1.165, 1.54) is 83.1 Å². The number of carbonyl (C=O) groups is 6. The number of halogens is 6. The summed E-state index contributed by atoms with van der Waals surface area (Å²) in [7, 11) is 0. The number of hydrogen-bond donors (Lipinski definition) is 0. The Kier molecular flexibility index (Phi) is 17.5. The van der Waals surface area contributed by atoms with Gasteiger partial charge in [-0.15, -0.1) is 0 Å². The van der Waals surface area contributed by atoms with Crippen LogP contribution in [0.25, 0.3) is 0 Å². The first-order valence-corrected chi connectivity index (χ1v) is 19.2. The fraction of sp³-hybridized carbons (Fsp3) is 0.800. The summed E-state index contributed by atoms with van der Waals surface area (Å²) in [5.41, 5.74) is 0. The third kappa shape index (κ3) is 17.4. The topological polar surface area (TPSA) is 167 Å². The highest BCUT2D eigenvalue weighted by molar-refractivity contribution is 9.11. The van der Waals surface area contributed by atoms with Crippen LogP contribution < -0.4 is 0 Å². The standard InChI is InChI=1S/C30H44Br6O13/c1-23(2,31)17(37)44-15-29(46-19(39)25(5,6)33,47-20(40)26(7,8)34)13-43-14-30(48-21(41)27(9,10)35,49-22(42)28(11,12)36)16-45-18(38)24(3,4)32/h13-16H2,1-12H3. The summed E-state index contributed by atoms with van der Waals surface area (Å²) in [6.07, 6.45) is 0. The molecule has 49 heavy (non-hydrogen) atoms. The lowest BCUT2D eigenvalue weighted by atomic mass is 10.2. The molecule has 0 radical (unpaired) electrons. The van der Waals surface area contributed by atoms with Crippen molar-refractivity contribution in [1.82, 2.24) is 0 Å². The predicted molar refractivity (Wildman–Crippen MR) is 201 cm³/mol. The molecular weight excluding hydrogens is 1050 g/mol. The third-order valence-electron chi connectivity index (χ3n) is 5.52. The molecule has 0 bridgehead atoms. The Morgan fingerprint density at radius 3 is 0.694 bits per heavy atom. The van der Waals surface area contributed by atoms with Gasteiger partial charge in [-0.2, -0.15) is 0 Å². The second-order valence-corrected chi connectivity index (χ2v) is 25.8. The van der Waals surface area contributed by atoms with Crippen molar-refractivity contribution < 1.29 is 61.9 Å². The van der Waals surface area contributed by atoms with Gasteiger partial charge in [0.15, 0.2) is 13.2 Å². The highest BCUT2D eigenvalue weighted by atomic mass is 79.9. The molecule has 0 N–H and O–H groups in total. The summed E-state index contributed by atoms with van der Waals surface area (Å²) in [6.45, 7) is 14.2.